The standard InChI is InChI=1S/C11H10N2O2S/c1-3-4-15-11(14)9(6-12)5-10-7-16-8(2)13-10/h3,5,7H,1,4H2,2H3/b9-5+. The summed E-state index contributed by atoms with van der Waals surface area (Å²) in [5.41, 5.74) is 0.529. The van der Waals surface area contributed by atoms with Gasteiger partial charge in [-0.15, -0.1) is 11.3 Å². The van der Waals surface area contributed by atoms with Crippen LogP contribution in [0.2, 0.25) is 0 Å². The SMILES string of the molecule is C=CCOC(=O)/C(C#N)=C/c1csc(C)n1. The summed E-state index contributed by atoms with van der Waals surface area (Å²) in [6.45, 7) is 5.36. The highest BCUT2D eigenvalue weighted by Crippen LogP contribution is 2.12. The zero-order chi connectivity index (χ0) is 12.0. The molecule has 1 aromatic heterocycles. The lowest BCUT2D eigenvalue weighted by atomic mass is 10.2. The first-order chi connectivity index (χ1) is 7.67. The van der Waals surface area contributed by atoms with Gasteiger partial charge in [-0.25, -0.2) is 9.78 Å². The van der Waals surface area contributed by atoms with Gasteiger partial charge in [0.2, 0.25) is 0 Å². The van der Waals surface area contributed by atoms with E-state index < -0.39 is 5.97 Å². The smallest absolute Gasteiger partial charge is 0.349 e. The molecule has 5 heteroatoms. The molecule has 0 aliphatic carbocycles. The lowest BCUT2D eigenvalue weighted by Gasteiger charge is -1.98. The summed E-state index contributed by atoms with van der Waals surface area (Å²) in [7, 11) is 0. The maximum Gasteiger partial charge on any atom is 0.349 e. The van der Waals surface area contributed by atoms with Crippen LogP contribution in [0.1, 0.15) is 10.7 Å². The van der Waals surface area contributed by atoms with Crippen LogP contribution in [0.3, 0.4) is 0 Å². The van der Waals surface area contributed by atoms with Crippen LogP contribution in [0.4, 0.5) is 0 Å². The van der Waals surface area contributed by atoms with Crippen molar-refractivity contribution in [3.8, 4) is 6.07 Å². The lowest BCUT2D eigenvalue weighted by Crippen LogP contribution is -2.06. The zero-order valence-corrected chi connectivity index (χ0v) is 9.58. The van der Waals surface area contributed by atoms with Crippen LogP contribution >= 0.6 is 11.3 Å². The van der Waals surface area contributed by atoms with Crippen LogP contribution < -0.4 is 0 Å². The Bertz CT molecular complexity index is 469. The quantitative estimate of drug-likeness (QED) is 0.346. The fourth-order valence-corrected chi connectivity index (χ4v) is 1.51. The van der Waals surface area contributed by atoms with Crippen molar-refractivity contribution in [2.24, 2.45) is 0 Å². The highest BCUT2D eigenvalue weighted by Gasteiger charge is 2.10. The van der Waals surface area contributed by atoms with Crippen molar-refractivity contribution in [1.29, 1.82) is 5.26 Å². The molecule has 0 N–H and O–H groups in total. The molecular formula is C11H10N2O2S. The monoisotopic (exact) mass is 234 g/mol. The van der Waals surface area contributed by atoms with Crippen molar-refractivity contribution in [2.75, 3.05) is 6.61 Å². The number of aryl methyl sites for hydroxylation is 1. The van der Waals surface area contributed by atoms with Crippen molar-refractivity contribution in [3.05, 3.63) is 34.3 Å². The van der Waals surface area contributed by atoms with Crippen LogP contribution in [-0.4, -0.2) is 17.6 Å². The number of nitrogens with zero attached hydrogens (tertiary/aromatic N) is 2. The van der Waals surface area contributed by atoms with Crippen molar-refractivity contribution in [3.63, 3.8) is 0 Å². The maximum absolute atomic E-state index is 11.4. The average molecular weight is 234 g/mol. The fraction of sp³-hybridized carbons (Fsp3) is 0.182. The van der Waals surface area contributed by atoms with Gasteiger partial charge in [0.25, 0.3) is 0 Å². The summed E-state index contributed by atoms with van der Waals surface area (Å²) >= 11 is 1.45. The van der Waals surface area contributed by atoms with Gasteiger partial charge in [-0.1, -0.05) is 12.7 Å². The first-order valence-electron chi connectivity index (χ1n) is 4.49. The van der Waals surface area contributed by atoms with Crippen molar-refractivity contribution < 1.29 is 9.53 Å². The number of hydrogen-bond donors (Lipinski definition) is 0. The van der Waals surface area contributed by atoms with Gasteiger partial charge in [0.1, 0.15) is 18.2 Å². The summed E-state index contributed by atoms with van der Waals surface area (Å²) in [5.74, 6) is -0.659. The highest BCUT2D eigenvalue weighted by atomic mass is 32.1. The third-order valence-electron chi connectivity index (χ3n) is 1.60. The average Bonchev–Trinajstić information content (AvgIpc) is 2.68. The normalized spacial score (nSPS) is 10.6. The summed E-state index contributed by atoms with van der Waals surface area (Å²) < 4.78 is 4.75. The molecule has 16 heavy (non-hydrogen) atoms. The molecule has 4 nitrogen and oxygen atoms in total. The number of ether oxygens (including phenoxy) is 1. The van der Waals surface area contributed by atoms with Gasteiger partial charge in [-0.2, -0.15) is 5.26 Å². The van der Waals surface area contributed by atoms with Crippen LogP contribution in [0.25, 0.3) is 6.08 Å². The second kappa shape index (κ2) is 5.83. The minimum atomic E-state index is -0.659. The van der Waals surface area contributed by atoms with E-state index in [0.29, 0.717) is 5.69 Å². The highest BCUT2D eigenvalue weighted by molar-refractivity contribution is 7.09. The first-order valence-corrected chi connectivity index (χ1v) is 5.37. The molecule has 0 spiro atoms. The molecule has 1 rings (SSSR count). The fourth-order valence-electron chi connectivity index (χ4n) is 0.944. The van der Waals surface area contributed by atoms with Gasteiger partial charge in [-0.05, 0) is 13.0 Å². The molecule has 1 heterocycles. The Morgan fingerprint density at radius 1 is 1.81 bits per heavy atom. The summed E-state index contributed by atoms with van der Waals surface area (Å²) in [6, 6.07) is 1.79. The van der Waals surface area contributed by atoms with E-state index in [9.17, 15) is 4.79 Å². The molecule has 1 aromatic rings. The van der Waals surface area contributed by atoms with E-state index in [-0.39, 0.29) is 12.2 Å². The molecule has 0 atom stereocenters. The number of nitriles is 1. The van der Waals surface area contributed by atoms with Gasteiger partial charge in [0, 0.05) is 5.38 Å². The molecule has 0 aliphatic rings. The second-order valence-electron chi connectivity index (χ2n) is 2.85. The van der Waals surface area contributed by atoms with Crippen LogP contribution in [0.5, 0.6) is 0 Å². The van der Waals surface area contributed by atoms with Gasteiger partial charge >= 0.3 is 5.97 Å². The molecule has 0 saturated heterocycles. The van der Waals surface area contributed by atoms with Crippen molar-refractivity contribution in [2.45, 2.75) is 6.92 Å². The van der Waals surface area contributed by atoms with Crippen molar-refractivity contribution in [1.82, 2.24) is 4.98 Å². The first kappa shape index (κ1) is 12.1. The molecule has 0 aliphatic heterocycles. The largest absolute Gasteiger partial charge is 0.457 e. The Morgan fingerprint density at radius 2 is 2.56 bits per heavy atom. The molecule has 0 amide bonds. The number of carbonyl (C=O) groups excluding carboxylic acids is 1. The maximum atomic E-state index is 11.4. The van der Waals surface area contributed by atoms with Gasteiger partial charge < -0.3 is 4.74 Å². The number of esters is 1. The predicted octanol–water partition coefficient (Wildman–Crippen LogP) is 2.09. The molecule has 82 valence electrons. The van der Waals surface area contributed by atoms with Gasteiger partial charge in [0.05, 0.1) is 10.7 Å². The van der Waals surface area contributed by atoms with E-state index in [1.54, 1.807) is 11.4 Å². The van der Waals surface area contributed by atoms with Gasteiger partial charge in [0.15, 0.2) is 0 Å². The Balaban J connectivity index is 2.82. The van der Waals surface area contributed by atoms with E-state index in [1.165, 1.54) is 23.5 Å². The summed E-state index contributed by atoms with van der Waals surface area (Å²) in [6.07, 6.45) is 2.86. The topological polar surface area (TPSA) is 63.0 Å². The molecule has 0 unspecified atom stereocenters. The van der Waals surface area contributed by atoms with Crippen LogP contribution in [-0.2, 0) is 9.53 Å². The summed E-state index contributed by atoms with van der Waals surface area (Å²) in [5, 5.41) is 11.4. The molecule has 0 aromatic carbocycles. The van der Waals surface area contributed by atoms with E-state index in [4.69, 9.17) is 10.00 Å². The Hall–Kier alpha value is -1.93. The molecular weight excluding hydrogens is 224 g/mol. The minimum absolute atomic E-state index is 0.0628. The number of thiazole rings is 1. The van der Waals surface area contributed by atoms with Crippen LogP contribution in [0, 0.1) is 18.3 Å². The number of carbonyl (C=O) groups is 1. The van der Waals surface area contributed by atoms with Gasteiger partial charge in [-0.3, -0.25) is 0 Å². The van der Waals surface area contributed by atoms with E-state index in [2.05, 4.69) is 11.6 Å². The number of rotatable bonds is 4. The van der Waals surface area contributed by atoms with E-state index >= 15 is 0 Å². The molecule has 0 bridgehead atoms. The molecule has 0 radical (unpaired) electrons. The van der Waals surface area contributed by atoms with Crippen LogP contribution in [0.15, 0.2) is 23.6 Å². The molecule has 0 saturated carbocycles. The lowest BCUT2D eigenvalue weighted by molar-refractivity contribution is -0.137. The summed E-state index contributed by atoms with van der Waals surface area (Å²) in [4.78, 5) is 15.5. The third kappa shape index (κ3) is 3.33. The predicted molar refractivity (Wildman–Crippen MR) is 61.6 cm³/mol. The zero-order valence-electron chi connectivity index (χ0n) is 8.77. The Morgan fingerprint density at radius 3 is 3.06 bits per heavy atom. The van der Waals surface area contributed by atoms with E-state index in [0.717, 1.165) is 5.01 Å². The number of aromatic nitrogens is 1. The minimum Gasteiger partial charge on any atom is -0.457 e. The third-order valence-corrected chi connectivity index (χ3v) is 2.39. The Labute approximate surface area is 97.5 Å². The number of hydrogen-bond acceptors (Lipinski definition) is 5. The second-order valence-corrected chi connectivity index (χ2v) is 3.91. The Kier molecular flexibility index (Phi) is 4.42. The molecule has 0 fully saturated rings. The van der Waals surface area contributed by atoms with Crippen molar-refractivity contribution >= 4 is 23.4 Å². The van der Waals surface area contributed by atoms with E-state index in [1.807, 2.05) is 6.92 Å².